The van der Waals surface area contributed by atoms with Crippen molar-refractivity contribution in [1.29, 1.82) is 0 Å². The van der Waals surface area contributed by atoms with Crippen LogP contribution in [0.4, 0.5) is 0 Å². The number of methoxy groups -OCH3 is 1. The molecule has 21 heavy (non-hydrogen) atoms. The Kier molecular flexibility index (Phi) is 5.25. The third-order valence-electron chi connectivity index (χ3n) is 4.21. The number of nitrogens with one attached hydrogen (secondary N) is 1. The molecule has 1 saturated carbocycles. The molecule has 0 radical (unpaired) electrons. The summed E-state index contributed by atoms with van der Waals surface area (Å²) in [5.74, 6) is -0.0801. The fourth-order valence-electron chi connectivity index (χ4n) is 2.94. The zero-order chi connectivity index (χ0) is 15.5. The molecule has 0 saturated heterocycles. The normalized spacial score (nSPS) is 20.0. The van der Waals surface area contributed by atoms with Crippen LogP contribution in [-0.2, 0) is 9.53 Å². The van der Waals surface area contributed by atoms with Gasteiger partial charge in [-0.2, -0.15) is 0 Å². The van der Waals surface area contributed by atoms with Gasteiger partial charge in [-0.3, -0.25) is 4.79 Å². The van der Waals surface area contributed by atoms with Gasteiger partial charge in [0.15, 0.2) is 0 Å². The number of amides is 1. The van der Waals surface area contributed by atoms with E-state index in [-0.39, 0.29) is 18.1 Å². The smallest absolute Gasteiger partial charge is 0.240 e. The number of hydrogen-bond donors (Lipinski definition) is 2. The van der Waals surface area contributed by atoms with Gasteiger partial charge in [0.25, 0.3) is 0 Å². The lowest BCUT2D eigenvalue weighted by molar-refractivity contribution is -0.127. The minimum atomic E-state index is -0.716. The Labute approximate surface area is 131 Å². The van der Waals surface area contributed by atoms with Crippen molar-refractivity contribution < 1.29 is 9.53 Å². The quantitative estimate of drug-likeness (QED) is 0.879. The monoisotopic (exact) mass is 310 g/mol. The SMILES string of the molecule is COC(c1ccc(Cl)cc1)C(C)NC(=O)C1(N)CCCC1. The van der Waals surface area contributed by atoms with E-state index in [1.54, 1.807) is 7.11 Å². The van der Waals surface area contributed by atoms with Crippen LogP contribution >= 0.6 is 11.6 Å². The Morgan fingerprint density at radius 3 is 2.43 bits per heavy atom. The highest BCUT2D eigenvalue weighted by Gasteiger charge is 2.38. The predicted octanol–water partition coefficient (Wildman–Crippen LogP) is 2.80. The molecule has 0 bridgehead atoms. The first-order valence-corrected chi connectivity index (χ1v) is 7.72. The second-order valence-corrected chi connectivity index (χ2v) is 6.27. The summed E-state index contributed by atoms with van der Waals surface area (Å²) in [6, 6.07) is 7.29. The van der Waals surface area contributed by atoms with Crippen LogP contribution in [0.2, 0.25) is 5.02 Å². The van der Waals surface area contributed by atoms with Crippen LogP contribution in [0.3, 0.4) is 0 Å². The Morgan fingerprint density at radius 2 is 1.90 bits per heavy atom. The van der Waals surface area contributed by atoms with Crippen LogP contribution < -0.4 is 11.1 Å². The summed E-state index contributed by atoms with van der Waals surface area (Å²) < 4.78 is 5.54. The topological polar surface area (TPSA) is 64.3 Å². The number of carbonyl (C=O) groups excluding carboxylic acids is 1. The highest BCUT2D eigenvalue weighted by molar-refractivity contribution is 6.30. The van der Waals surface area contributed by atoms with Crippen molar-refractivity contribution in [3.8, 4) is 0 Å². The Bertz CT molecular complexity index is 484. The van der Waals surface area contributed by atoms with E-state index in [9.17, 15) is 4.79 Å². The van der Waals surface area contributed by atoms with Gasteiger partial charge < -0.3 is 15.8 Å². The standard InChI is InChI=1S/C16H23ClN2O2/c1-11(19-15(20)16(18)9-3-4-10-16)14(21-2)12-5-7-13(17)8-6-12/h5-8,11,14H,3-4,9-10,18H2,1-2H3,(H,19,20). The summed E-state index contributed by atoms with van der Waals surface area (Å²) >= 11 is 5.90. The van der Waals surface area contributed by atoms with Crippen molar-refractivity contribution in [2.45, 2.75) is 50.3 Å². The zero-order valence-electron chi connectivity index (χ0n) is 12.6. The zero-order valence-corrected chi connectivity index (χ0v) is 13.3. The number of carbonyl (C=O) groups is 1. The van der Waals surface area contributed by atoms with Crippen molar-refractivity contribution in [2.75, 3.05) is 7.11 Å². The molecule has 4 nitrogen and oxygen atoms in total. The summed E-state index contributed by atoms with van der Waals surface area (Å²) in [6.07, 6.45) is 3.32. The molecule has 3 N–H and O–H groups in total. The number of rotatable bonds is 5. The Morgan fingerprint density at radius 1 is 1.33 bits per heavy atom. The molecule has 0 heterocycles. The molecule has 2 atom stereocenters. The Hall–Kier alpha value is -1.10. The van der Waals surface area contributed by atoms with Crippen molar-refractivity contribution in [2.24, 2.45) is 5.73 Å². The maximum Gasteiger partial charge on any atom is 0.240 e. The number of halogens is 1. The van der Waals surface area contributed by atoms with Crippen molar-refractivity contribution in [1.82, 2.24) is 5.32 Å². The van der Waals surface area contributed by atoms with E-state index in [1.807, 2.05) is 31.2 Å². The van der Waals surface area contributed by atoms with Crippen LogP contribution in [0.1, 0.15) is 44.3 Å². The molecule has 0 aliphatic heterocycles. The highest BCUT2D eigenvalue weighted by atomic mass is 35.5. The predicted molar refractivity (Wildman–Crippen MR) is 84.2 cm³/mol. The minimum absolute atomic E-state index is 0.0801. The molecular formula is C16H23ClN2O2. The summed E-state index contributed by atoms with van der Waals surface area (Å²) in [5, 5.41) is 3.68. The lowest BCUT2D eigenvalue weighted by atomic mass is 9.96. The molecule has 2 unspecified atom stereocenters. The average molecular weight is 311 g/mol. The fourth-order valence-corrected chi connectivity index (χ4v) is 3.07. The van der Waals surface area contributed by atoms with Gasteiger partial charge in [0, 0.05) is 12.1 Å². The molecule has 5 heteroatoms. The highest BCUT2D eigenvalue weighted by Crippen LogP contribution is 2.28. The first-order chi connectivity index (χ1) is 9.96. The van der Waals surface area contributed by atoms with Gasteiger partial charge in [-0.15, -0.1) is 0 Å². The molecule has 1 aromatic carbocycles. The molecule has 1 aliphatic rings. The third-order valence-corrected chi connectivity index (χ3v) is 4.47. The van der Waals surface area contributed by atoms with E-state index in [0.717, 1.165) is 31.2 Å². The maximum absolute atomic E-state index is 12.4. The van der Waals surface area contributed by atoms with E-state index < -0.39 is 5.54 Å². The van der Waals surface area contributed by atoms with Crippen LogP contribution in [0.15, 0.2) is 24.3 Å². The van der Waals surface area contributed by atoms with E-state index >= 15 is 0 Å². The molecule has 0 spiro atoms. The molecule has 1 fully saturated rings. The molecule has 1 aliphatic carbocycles. The van der Waals surface area contributed by atoms with Crippen LogP contribution in [0, 0.1) is 0 Å². The number of benzene rings is 1. The minimum Gasteiger partial charge on any atom is -0.375 e. The van der Waals surface area contributed by atoms with Crippen LogP contribution in [-0.4, -0.2) is 24.6 Å². The molecular weight excluding hydrogens is 288 g/mol. The lowest BCUT2D eigenvalue weighted by Crippen LogP contribution is -2.55. The van der Waals surface area contributed by atoms with Crippen LogP contribution in [0.5, 0.6) is 0 Å². The summed E-state index contributed by atoms with van der Waals surface area (Å²) in [4.78, 5) is 12.4. The van der Waals surface area contributed by atoms with Crippen LogP contribution in [0.25, 0.3) is 0 Å². The molecule has 1 aromatic rings. The average Bonchev–Trinajstić information content (AvgIpc) is 2.90. The Balaban J connectivity index is 2.04. The van der Waals surface area contributed by atoms with E-state index in [2.05, 4.69) is 5.32 Å². The van der Waals surface area contributed by atoms with Gasteiger partial charge in [0.2, 0.25) is 5.91 Å². The fraction of sp³-hybridized carbons (Fsp3) is 0.562. The van der Waals surface area contributed by atoms with Gasteiger partial charge in [0.05, 0.1) is 11.6 Å². The van der Waals surface area contributed by atoms with Crippen molar-refractivity contribution in [3.63, 3.8) is 0 Å². The lowest BCUT2D eigenvalue weighted by Gasteiger charge is -2.29. The molecule has 2 rings (SSSR count). The third kappa shape index (κ3) is 3.76. The molecule has 0 aromatic heterocycles. The van der Waals surface area contributed by atoms with Gasteiger partial charge in [-0.1, -0.05) is 36.6 Å². The maximum atomic E-state index is 12.4. The van der Waals surface area contributed by atoms with Gasteiger partial charge >= 0.3 is 0 Å². The van der Waals surface area contributed by atoms with E-state index in [0.29, 0.717) is 5.02 Å². The first kappa shape index (κ1) is 16.3. The van der Waals surface area contributed by atoms with E-state index in [4.69, 9.17) is 22.1 Å². The second-order valence-electron chi connectivity index (χ2n) is 5.83. The number of hydrogen-bond acceptors (Lipinski definition) is 3. The van der Waals surface area contributed by atoms with Gasteiger partial charge in [-0.05, 0) is 37.5 Å². The largest absolute Gasteiger partial charge is 0.375 e. The second kappa shape index (κ2) is 6.77. The first-order valence-electron chi connectivity index (χ1n) is 7.34. The summed E-state index contributed by atoms with van der Waals surface area (Å²) in [7, 11) is 1.63. The van der Waals surface area contributed by atoms with Crippen molar-refractivity contribution in [3.05, 3.63) is 34.9 Å². The van der Waals surface area contributed by atoms with E-state index in [1.165, 1.54) is 0 Å². The van der Waals surface area contributed by atoms with Gasteiger partial charge in [0.1, 0.15) is 6.10 Å². The number of ether oxygens (including phenoxy) is 1. The van der Waals surface area contributed by atoms with Crippen molar-refractivity contribution >= 4 is 17.5 Å². The summed E-state index contributed by atoms with van der Waals surface area (Å²) in [5.41, 5.74) is 6.44. The van der Waals surface area contributed by atoms with Gasteiger partial charge in [-0.25, -0.2) is 0 Å². The number of nitrogens with two attached hydrogens (primary N) is 1. The molecule has 1 amide bonds. The molecule has 116 valence electrons. The summed E-state index contributed by atoms with van der Waals surface area (Å²) in [6.45, 7) is 1.93.